The van der Waals surface area contributed by atoms with Gasteiger partial charge in [-0.25, -0.2) is 13.2 Å². The van der Waals surface area contributed by atoms with Crippen LogP contribution in [0.5, 0.6) is 0 Å². The summed E-state index contributed by atoms with van der Waals surface area (Å²) in [4.78, 5) is 133. The highest BCUT2D eigenvalue weighted by Crippen LogP contribution is 2.17. The molecule has 0 saturated heterocycles. The molecule has 0 aliphatic carbocycles. The normalized spacial score (nSPS) is 12.8. The third-order valence-electron chi connectivity index (χ3n) is 14.3. The second-order valence-corrected chi connectivity index (χ2v) is 24.4. The summed E-state index contributed by atoms with van der Waals surface area (Å²) in [6, 6.07) is -2.76. The molecule has 4 atom stereocenters. The van der Waals surface area contributed by atoms with Crippen molar-refractivity contribution < 1.29 is 101 Å². The Labute approximate surface area is 522 Å². The number of nitrogens with one attached hydrogen (secondary N) is 5. The van der Waals surface area contributed by atoms with Gasteiger partial charge in [-0.3, -0.25) is 53.3 Å². The van der Waals surface area contributed by atoms with E-state index in [1.807, 2.05) is 0 Å². The fourth-order valence-corrected chi connectivity index (χ4v) is 10.4. The van der Waals surface area contributed by atoms with Gasteiger partial charge < -0.3 is 55.3 Å². The number of carbonyl (C=O) groups excluding carboxylic acids is 8. The number of unbranched alkanes of at least 4 members (excludes halogenated alkanes) is 13. The Morgan fingerprint density at radius 1 is 0.517 bits per heavy atom. The van der Waals surface area contributed by atoms with Gasteiger partial charge in [-0.1, -0.05) is 89.2 Å². The lowest BCUT2D eigenvalue weighted by Gasteiger charge is -2.15. The van der Waals surface area contributed by atoms with Gasteiger partial charge in [-0.15, -0.1) is 10.2 Å². The number of aromatic nitrogens is 4. The third-order valence-corrected chi connectivity index (χ3v) is 16.0. The maximum atomic E-state index is 12.6. The van der Waals surface area contributed by atoms with Crippen molar-refractivity contribution in [2.45, 2.75) is 199 Å². The van der Waals surface area contributed by atoms with Crippen molar-refractivity contribution in [2.24, 2.45) is 11.8 Å². The SMILES string of the molecule is C[C@@H](CCCCNC(=O)CN[C@H](CC(=O)CC[C@H](CC(=O)COCCOCCNC(=O)COCCOCCCC(=O)CC[C@H](NC(=O)CCCS(=O)(=O)CC(=O)CCCCCCCCCCCCCCCc1nn[nH]n1)C(=O)O)C(=O)O)C(=O)O)C(=O)CO. The summed E-state index contributed by atoms with van der Waals surface area (Å²) >= 11 is 0. The van der Waals surface area contributed by atoms with Crippen molar-refractivity contribution in [3.8, 4) is 0 Å². The molecular formula is C59H100N8O21S. The van der Waals surface area contributed by atoms with E-state index in [0.29, 0.717) is 32.1 Å². The fourth-order valence-electron chi connectivity index (χ4n) is 9.07. The zero-order valence-corrected chi connectivity index (χ0v) is 52.8. The largest absolute Gasteiger partial charge is 0.481 e. The number of Topliss-reactive ketones (excluding diaryl/α,β-unsaturated/α-hetero) is 5. The number of nitrogens with zero attached hydrogens (tertiary/aromatic N) is 3. The van der Waals surface area contributed by atoms with E-state index in [1.165, 1.54) is 44.9 Å². The van der Waals surface area contributed by atoms with Crippen LogP contribution in [0.1, 0.15) is 186 Å². The topological polar surface area (TPSA) is 442 Å². The number of H-pyrrole nitrogens is 1. The van der Waals surface area contributed by atoms with Crippen LogP contribution in [0.25, 0.3) is 0 Å². The van der Waals surface area contributed by atoms with E-state index < -0.39 is 113 Å². The van der Waals surface area contributed by atoms with Crippen molar-refractivity contribution in [1.29, 1.82) is 0 Å². The van der Waals surface area contributed by atoms with Gasteiger partial charge in [0.05, 0.1) is 51.2 Å². The molecule has 0 aliphatic rings. The van der Waals surface area contributed by atoms with E-state index in [9.17, 15) is 76.5 Å². The van der Waals surface area contributed by atoms with E-state index in [0.717, 1.165) is 44.3 Å². The van der Waals surface area contributed by atoms with E-state index in [2.05, 4.69) is 41.9 Å². The quantitative estimate of drug-likeness (QED) is 0.0423. The van der Waals surface area contributed by atoms with Crippen LogP contribution in [0.3, 0.4) is 0 Å². The Kier molecular flexibility index (Phi) is 47.0. The molecule has 0 saturated carbocycles. The molecule has 30 heteroatoms. The second kappa shape index (κ2) is 51.7. The molecular weight excluding hydrogens is 1190 g/mol. The summed E-state index contributed by atoms with van der Waals surface area (Å²) in [7, 11) is -3.74. The molecule has 0 radical (unpaired) electrons. The van der Waals surface area contributed by atoms with Gasteiger partial charge >= 0.3 is 17.9 Å². The molecule has 3 amide bonds. The van der Waals surface area contributed by atoms with Gasteiger partial charge in [0.2, 0.25) is 17.7 Å². The Morgan fingerprint density at radius 3 is 1.72 bits per heavy atom. The Hall–Kier alpha value is -6.05. The lowest BCUT2D eigenvalue weighted by molar-refractivity contribution is -0.145. The number of amides is 3. The molecule has 1 heterocycles. The summed E-state index contributed by atoms with van der Waals surface area (Å²) in [6.45, 7) is 1.03. The lowest BCUT2D eigenvalue weighted by atomic mass is 9.94. The highest BCUT2D eigenvalue weighted by molar-refractivity contribution is 7.92. The summed E-state index contributed by atoms with van der Waals surface area (Å²) < 4.78 is 46.4. The average Bonchev–Trinajstić information content (AvgIpc) is 4.06. The van der Waals surface area contributed by atoms with Gasteiger partial charge in [0.1, 0.15) is 55.0 Å². The first-order valence-electron chi connectivity index (χ1n) is 31.3. The molecule has 0 fully saturated rings. The van der Waals surface area contributed by atoms with Gasteiger partial charge in [0.15, 0.2) is 27.2 Å². The first kappa shape index (κ1) is 81.0. The van der Waals surface area contributed by atoms with E-state index in [1.54, 1.807) is 6.92 Å². The standard InChI is InChI=1S/C59H100N8O21S/c1-44(52(73)40-68)19-15-16-28-60-55(75)39-62-51(59(81)82)38-47(70)25-24-45(57(77)78)37-49(72)41-87-34-33-86-31-29-61-56(76)42-88-35-32-85-30-17-21-46(69)26-27-50(58(79)80)63-54(74)23-18-36-89(83,84)43-48(71)20-13-11-9-7-5-3-2-4-6-8-10-12-14-22-53-64-66-67-65-53/h44-45,50-51,62,68H,2-43H2,1H3,(H,60,75)(H,61,76)(H,63,74)(H,77,78)(H,79,80)(H,81,82)(H,64,65,66,67)/t44-,45+,50-,51+/m0/s1. The number of aromatic amines is 1. The van der Waals surface area contributed by atoms with Gasteiger partial charge in [-0.2, -0.15) is 5.21 Å². The van der Waals surface area contributed by atoms with Crippen molar-refractivity contribution in [3.63, 3.8) is 0 Å². The van der Waals surface area contributed by atoms with Crippen LogP contribution in [-0.4, -0.2) is 217 Å². The molecule has 29 nitrogen and oxygen atoms in total. The minimum Gasteiger partial charge on any atom is -0.481 e. The summed E-state index contributed by atoms with van der Waals surface area (Å²) in [5, 5.41) is 61.6. The van der Waals surface area contributed by atoms with E-state index >= 15 is 0 Å². The average molecular weight is 1290 g/mol. The summed E-state index contributed by atoms with van der Waals surface area (Å²) in [5.41, 5.74) is 0. The van der Waals surface area contributed by atoms with Gasteiger partial charge in [-0.05, 0) is 51.4 Å². The second-order valence-electron chi connectivity index (χ2n) is 22.2. The number of aliphatic hydroxyl groups is 1. The Morgan fingerprint density at radius 2 is 1.10 bits per heavy atom. The van der Waals surface area contributed by atoms with Crippen LogP contribution in [0.15, 0.2) is 0 Å². The fraction of sp³-hybridized carbons (Fsp3) is 0.797. The van der Waals surface area contributed by atoms with Crippen molar-refractivity contribution in [2.75, 3.05) is 90.6 Å². The van der Waals surface area contributed by atoms with Gasteiger partial charge in [0, 0.05) is 77.0 Å². The zero-order valence-electron chi connectivity index (χ0n) is 52.0. The number of ketones is 5. The van der Waals surface area contributed by atoms with Crippen LogP contribution in [0, 0.1) is 11.8 Å². The number of aryl methyl sites for hydroxylation is 1. The number of ether oxygens (including phenoxy) is 4. The minimum absolute atomic E-state index is 0.0190. The number of carbonyl (C=O) groups is 11. The van der Waals surface area contributed by atoms with Crippen LogP contribution >= 0.6 is 0 Å². The third kappa shape index (κ3) is 46.7. The molecule has 0 bridgehead atoms. The number of tetrazole rings is 1. The summed E-state index contributed by atoms with van der Waals surface area (Å²) in [5.74, 6) is -9.40. The van der Waals surface area contributed by atoms with Crippen LogP contribution < -0.4 is 21.3 Å². The van der Waals surface area contributed by atoms with Crippen LogP contribution in [0.4, 0.5) is 0 Å². The molecule has 1 aromatic heterocycles. The molecule has 1 aromatic rings. The van der Waals surface area contributed by atoms with E-state index in [-0.39, 0.29) is 140 Å². The van der Waals surface area contributed by atoms with Crippen LogP contribution in [0.2, 0.25) is 0 Å². The predicted molar refractivity (Wildman–Crippen MR) is 322 cm³/mol. The highest BCUT2D eigenvalue weighted by Gasteiger charge is 2.27. The van der Waals surface area contributed by atoms with Gasteiger partial charge in [0.25, 0.3) is 0 Å². The van der Waals surface area contributed by atoms with Crippen molar-refractivity contribution in [3.05, 3.63) is 5.82 Å². The van der Waals surface area contributed by atoms with Crippen molar-refractivity contribution in [1.82, 2.24) is 41.9 Å². The molecule has 1 rings (SSSR count). The number of carboxylic acid groups (broad SMARTS) is 3. The van der Waals surface area contributed by atoms with Crippen molar-refractivity contribution >= 4 is 74.4 Å². The number of hydrogen-bond acceptors (Lipinski definition) is 22. The van der Waals surface area contributed by atoms with E-state index in [4.69, 9.17) is 24.1 Å². The smallest absolute Gasteiger partial charge is 0.326 e. The Balaban J connectivity index is 2.07. The number of aliphatic carboxylic acids is 3. The summed E-state index contributed by atoms with van der Waals surface area (Å²) in [6.07, 6.45) is 15.3. The number of carboxylic acids is 3. The first-order valence-corrected chi connectivity index (χ1v) is 33.1. The molecule has 508 valence electrons. The molecule has 0 aliphatic heterocycles. The number of aliphatic hydroxyl groups excluding tert-OH is 1. The zero-order chi connectivity index (χ0) is 65.9. The first-order chi connectivity index (χ1) is 42.6. The van der Waals surface area contributed by atoms with Crippen LogP contribution in [-0.2, 0) is 87.9 Å². The monoisotopic (exact) mass is 1290 g/mol. The molecule has 89 heavy (non-hydrogen) atoms. The maximum Gasteiger partial charge on any atom is 0.326 e. The highest BCUT2D eigenvalue weighted by atomic mass is 32.2. The minimum atomic E-state index is -3.74. The molecule has 0 unspecified atom stereocenters. The number of hydrogen-bond donors (Lipinski definition) is 9. The maximum absolute atomic E-state index is 12.6. The lowest BCUT2D eigenvalue weighted by Crippen LogP contribution is -2.44. The Bertz CT molecular complexity index is 2340. The molecule has 0 spiro atoms. The number of sulfone groups is 1. The predicted octanol–water partition coefficient (Wildman–Crippen LogP) is 2.78. The number of rotatable bonds is 63. The molecule has 0 aromatic carbocycles. The molecule has 9 N–H and O–H groups in total.